The van der Waals surface area contributed by atoms with E-state index in [4.69, 9.17) is 0 Å². The molecule has 1 aliphatic heterocycles. The Hall–Kier alpha value is -3.25. The molecule has 1 aliphatic rings. The van der Waals surface area contributed by atoms with Crippen LogP contribution in [0.2, 0.25) is 0 Å². The Morgan fingerprint density at radius 3 is 2.35 bits per heavy atom. The lowest BCUT2D eigenvalue weighted by Crippen LogP contribution is -2.51. The van der Waals surface area contributed by atoms with Gasteiger partial charge in [0.25, 0.3) is 5.91 Å². The minimum Gasteiger partial charge on any atom is -0.356 e. The molecular formula is C28H32FN3O2. The van der Waals surface area contributed by atoms with Crippen LogP contribution in [0.15, 0.2) is 66.7 Å². The van der Waals surface area contributed by atoms with Crippen LogP contribution in [-0.4, -0.2) is 49.4 Å². The lowest BCUT2D eigenvalue weighted by molar-refractivity contribution is -0.133. The lowest BCUT2D eigenvalue weighted by Gasteiger charge is -2.41. The zero-order valence-electron chi connectivity index (χ0n) is 19.6. The van der Waals surface area contributed by atoms with Crippen LogP contribution in [0.25, 0.3) is 10.8 Å². The Kier molecular flexibility index (Phi) is 7.58. The highest BCUT2D eigenvalue weighted by Crippen LogP contribution is 2.35. The number of benzene rings is 3. The van der Waals surface area contributed by atoms with Gasteiger partial charge in [0.05, 0.1) is 5.41 Å². The van der Waals surface area contributed by atoms with Crippen LogP contribution in [0, 0.1) is 11.2 Å². The van der Waals surface area contributed by atoms with Crippen LogP contribution < -0.4 is 10.6 Å². The molecule has 1 saturated heterocycles. The van der Waals surface area contributed by atoms with Crippen molar-refractivity contribution >= 4 is 22.6 Å². The van der Waals surface area contributed by atoms with Crippen LogP contribution in [0.5, 0.6) is 0 Å². The Morgan fingerprint density at radius 2 is 1.65 bits per heavy atom. The summed E-state index contributed by atoms with van der Waals surface area (Å²) in [6.45, 7) is 5.37. The molecule has 178 valence electrons. The molecule has 0 bridgehead atoms. The van der Waals surface area contributed by atoms with Gasteiger partial charge in [0, 0.05) is 25.2 Å². The maximum atomic E-state index is 13.3. The van der Waals surface area contributed by atoms with E-state index in [1.807, 2.05) is 49.4 Å². The van der Waals surface area contributed by atoms with Crippen molar-refractivity contribution in [3.63, 3.8) is 0 Å². The number of carbonyl (C=O) groups is 2. The van der Waals surface area contributed by atoms with Crippen LogP contribution in [0.1, 0.15) is 35.7 Å². The highest BCUT2D eigenvalue weighted by atomic mass is 19.1. The summed E-state index contributed by atoms with van der Waals surface area (Å²) < 4.78 is 13.3. The van der Waals surface area contributed by atoms with E-state index in [1.165, 1.54) is 12.1 Å². The first-order valence-corrected chi connectivity index (χ1v) is 12.0. The van der Waals surface area contributed by atoms with Gasteiger partial charge in [-0.1, -0.05) is 42.5 Å². The van der Waals surface area contributed by atoms with E-state index < -0.39 is 5.41 Å². The van der Waals surface area contributed by atoms with E-state index in [-0.39, 0.29) is 17.6 Å². The number of hydrogen-bond acceptors (Lipinski definition) is 3. The summed E-state index contributed by atoms with van der Waals surface area (Å²) in [6.07, 6.45) is 2.06. The first-order chi connectivity index (χ1) is 16.5. The molecule has 3 aromatic carbocycles. The molecule has 2 N–H and O–H groups in total. The minimum atomic E-state index is -0.487. The molecule has 2 amide bonds. The Morgan fingerprint density at radius 1 is 0.941 bits per heavy atom. The first kappa shape index (κ1) is 23.9. The van der Waals surface area contributed by atoms with E-state index >= 15 is 0 Å². The fourth-order valence-electron chi connectivity index (χ4n) is 4.79. The van der Waals surface area contributed by atoms with E-state index in [1.54, 1.807) is 12.1 Å². The van der Waals surface area contributed by atoms with Crippen molar-refractivity contribution in [2.45, 2.75) is 26.2 Å². The first-order valence-electron chi connectivity index (χ1n) is 12.0. The van der Waals surface area contributed by atoms with Crippen molar-refractivity contribution in [2.24, 2.45) is 5.41 Å². The molecule has 0 unspecified atom stereocenters. The molecule has 34 heavy (non-hydrogen) atoms. The number of piperidine rings is 1. The van der Waals surface area contributed by atoms with Crippen molar-refractivity contribution in [3.05, 3.63) is 83.7 Å². The quantitative estimate of drug-likeness (QED) is 0.529. The average molecular weight is 462 g/mol. The number of hydrogen-bond donors (Lipinski definition) is 2. The lowest BCUT2D eigenvalue weighted by atomic mass is 9.73. The van der Waals surface area contributed by atoms with Gasteiger partial charge in [-0.15, -0.1) is 0 Å². The summed E-state index contributed by atoms with van der Waals surface area (Å²) in [7, 11) is 0. The maximum Gasteiger partial charge on any atom is 0.251 e. The van der Waals surface area contributed by atoms with Gasteiger partial charge < -0.3 is 15.5 Å². The van der Waals surface area contributed by atoms with Crippen LogP contribution in [-0.2, 0) is 11.2 Å². The molecular weight excluding hydrogens is 429 g/mol. The average Bonchev–Trinajstić information content (AvgIpc) is 2.86. The van der Waals surface area contributed by atoms with Gasteiger partial charge in [-0.25, -0.2) is 4.39 Å². The number of rotatable bonds is 8. The van der Waals surface area contributed by atoms with Crippen molar-refractivity contribution < 1.29 is 14.0 Å². The second kappa shape index (κ2) is 10.8. The van der Waals surface area contributed by atoms with Gasteiger partial charge in [-0.05, 0) is 79.9 Å². The molecule has 0 aliphatic carbocycles. The second-order valence-corrected chi connectivity index (χ2v) is 9.10. The summed E-state index contributed by atoms with van der Waals surface area (Å²) in [4.78, 5) is 27.9. The zero-order valence-corrected chi connectivity index (χ0v) is 19.6. The predicted octanol–water partition coefficient (Wildman–Crippen LogP) is 4.17. The van der Waals surface area contributed by atoms with Crippen LogP contribution in [0.4, 0.5) is 4.39 Å². The number of nitrogens with zero attached hydrogens (tertiary/aromatic N) is 1. The van der Waals surface area contributed by atoms with Gasteiger partial charge in [0.2, 0.25) is 5.91 Å². The maximum absolute atomic E-state index is 13.3. The standard InChI is InChI=1S/C28H32FN3O2/c1-2-30-27(34)28(20-21-7-11-25(29)12-8-21)13-16-32(17-14-28)18-15-31-26(33)24-10-9-22-5-3-4-6-23(22)19-24/h3-12,19H,2,13-18,20H2,1H3,(H,30,34)(H,31,33). The second-order valence-electron chi connectivity index (χ2n) is 9.10. The Bertz CT molecular complexity index is 1140. The number of amides is 2. The molecule has 0 aromatic heterocycles. The third-order valence-corrected chi connectivity index (χ3v) is 6.81. The third kappa shape index (κ3) is 5.62. The van der Waals surface area contributed by atoms with E-state index in [0.717, 1.165) is 48.8 Å². The molecule has 0 saturated carbocycles. The van der Waals surface area contributed by atoms with E-state index in [0.29, 0.717) is 25.1 Å². The number of carbonyl (C=O) groups excluding carboxylic acids is 2. The molecule has 6 heteroatoms. The summed E-state index contributed by atoms with van der Waals surface area (Å²) in [5.41, 5.74) is 1.15. The van der Waals surface area contributed by atoms with Gasteiger partial charge in [-0.2, -0.15) is 0 Å². The van der Waals surface area contributed by atoms with Crippen LogP contribution >= 0.6 is 0 Å². The Balaban J connectivity index is 1.31. The smallest absolute Gasteiger partial charge is 0.251 e. The fourth-order valence-corrected chi connectivity index (χ4v) is 4.79. The van der Waals surface area contributed by atoms with Gasteiger partial charge in [-0.3, -0.25) is 9.59 Å². The molecule has 5 nitrogen and oxygen atoms in total. The van der Waals surface area contributed by atoms with Gasteiger partial charge >= 0.3 is 0 Å². The minimum absolute atomic E-state index is 0.0728. The molecule has 1 heterocycles. The molecule has 1 fully saturated rings. The van der Waals surface area contributed by atoms with Crippen molar-refractivity contribution in [2.75, 3.05) is 32.7 Å². The summed E-state index contributed by atoms with van der Waals surface area (Å²) in [5, 5.41) is 8.19. The predicted molar refractivity (Wildman–Crippen MR) is 133 cm³/mol. The van der Waals surface area contributed by atoms with Gasteiger partial charge in [0.15, 0.2) is 0 Å². The normalized spacial score (nSPS) is 15.7. The molecule has 0 radical (unpaired) electrons. The number of halogens is 1. The summed E-state index contributed by atoms with van der Waals surface area (Å²) >= 11 is 0. The van der Waals surface area contributed by atoms with Crippen molar-refractivity contribution in [1.82, 2.24) is 15.5 Å². The highest BCUT2D eigenvalue weighted by Gasteiger charge is 2.41. The largest absolute Gasteiger partial charge is 0.356 e. The third-order valence-electron chi connectivity index (χ3n) is 6.81. The molecule has 4 rings (SSSR count). The van der Waals surface area contributed by atoms with Crippen molar-refractivity contribution in [3.8, 4) is 0 Å². The van der Waals surface area contributed by atoms with E-state index in [2.05, 4.69) is 15.5 Å². The summed E-state index contributed by atoms with van der Waals surface area (Å²) in [5.74, 6) is -0.268. The monoisotopic (exact) mass is 461 g/mol. The van der Waals surface area contributed by atoms with Crippen molar-refractivity contribution in [1.29, 1.82) is 0 Å². The summed E-state index contributed by atoms with van der Waals surface area (Å²) in [6, 6.07) is 20.2. The molecule has 3 aromatic rings. The number of nitrogens with one attached hydrogen (secondary N) is 2. The van der Waals surface area contributed by atoms with E-state index in [9.17, 15) is 14.0 Å². The fraction of sp³-hybridized carbons (Fsp3) is 0.357. The topological polar surface area (TPSA) is 61.4 Å². The van der Waals surface area contributed by atoms with Gasteiger partial charge in [0.1, 0.15) is 5.82 Å². The molecule has 0 atom stereocenters. The SMILES string of the molecule is CCNC(=O)C1(Cc2ccc(F)cc2)CCN(CCNC(=O)c2ccc3ccccc3c2)CC1. The van der Waals surface area contributed by atoms with Crippen LogP contribution in [0.3, 0.4) is 0 Å². The highest BCUT2D eigenvalue weighted by molar-refractivity contribution is 5.98. The Labute approximate surface area is 200 Å². The zero-order chi connectivity index (χ0) is 24.0. The number of likely N-dealkylation sites (tertiary alicyclic amines) is 1. The molecule has 0 spiro atoms. The number of fused-ring (bicyclic) bond motifs is 1.